The molecular weight excluding hydrogens is 234 g/mol. The van der Waals surface area contributed by atoms with Gasteiger partial charge in [-0.25, -0.2) is 0 Å². The maximum atomic E-state index is 3.57. The standard InChI is InChI=1S/C16H33N3/c1-4-19(16-6-5-9-17-12-16)15-7-10-18(11-8-15)13-14(2)3/h14-17H,4-13H2,1-3H3. The molecule has 0 saturated carbocycles. The Morgan fingerprint density at radius 3 is 2.42 bits per heavy atom. The first-order valence-corrected chi connectivity index (χ1v) is 8.39. The predicted octanol–water partition coefficient (Wildman–Crippen LogP) is 2.18. The Labute approximate surface area is 119 Å². The summed E-state index contributed by atoms with van der Waals surface area (Å²) in [7, 11) is 0. The molecule has 3 nitrogen and oxygen atoms in total. The molecule has 2 fully saturated rings. The quantitative estimate of drug-likeness (QED) is 0.824. The monoisotopic (exact) mass is 267 g/mol. The van der Waals surface area contributed by atoms with Gasteiger partial charge in [0.15, 0.2) is 0 Å². The Balaban J connectivity index is 1.80. The molecule has 0 aromatic rings. The minimum absolute atomic E-state index is 0.792. The Morgan fingerprint density at radius 1 is 1.16 bits per heavy atom. The fourth-order valence-corrected chi connectivity index (χ4v) is 3.88. The molecule has 0 aromatic heterocycles. The van der Waals surface area contributed by atoms with Crippen LogP contribution in [-0.4, -0.2) is 61.2 Å². The zero-order chi connectivity index (χ0) is 13.7. The molecule has 3 heteroatoms. The summed E-state index contributed by atoms with van der Waals surface area (Å²) >= 11 is 0. The molecule has 2 rings (SSSR count). The number of nitrogens with one attached hydrogen (secondary N) is 1. The third-order valence-electron chi connectivity index (χ3n) is 4.75. The molecule has 1 N–H and O–H groups in total. The van der Waals surface area contributed by atoms with Crippen molar-refractivity contribution in [3.8, 4) is 0 Å². The van der Waals surface area contributed by atoms with Crippen LogP contribution >= 0.6 is 0 Å². The fourth-order valence-electron chi connectivity index (χ4n) is 3.88. The van der Waals surface area contributed by atoms with Crippen LogP contribution in [-0.2, 0) is 0 Å². The molecule has 0 aliphatic carbocycles. The Bertz CT molecular complexity index is 240. The molecule has 2 heterocycles. The van der Waals surface area contributed by atoms with E-state index < -0.39 is 0 Å². The second-order valence-electron chi connectivity index (χ2n) is 6.76. The Morgan fingerprint density at radius 2 is 1.89 bits per heavy atom. The van der Waals surface area contributed by atoms with Crippen molar-refractivity contribution < 1.29 is 0 Å². The number of likely N-dealkylation sites (N-methyl/N-ethyl adjacent to an activating group) is 1. The lowest BCUT2D eigenvalue weighted by Gasteiger charge is -2.43. The third kappa shape index (κ3) is 4.44. The number of hydrogen-bond donors (Lipinski definition) is 1. The topological polar surface area (TPSA) is 18.5 Å². The van der Waals surface area contributed by atoms with E-state index in [1.54, 1.807) is 0 Å². The Hall–Kier alpha value is -0.120. The van der Waals surface area contributed by atoms with Gasteiger partial charge in [0, 0.05) is 25.2 Å². The number of piperidine rings is 2. The summed E-state index contributed by atoms with van der Waals surface area (Å²) in [6.07, 6.45) is 5.49. The summed E-state index contributed by atoms with van der Waals surface area (Å²) in [5.41, 5.74) is 0. The summed E-state index contributed by atoms with van der Waals surface area (Å²) in [6, 6.07) is 1.62. The summed E-state index contributed by atoms with van der Waals surface area (Å²) in [4.78, 5) is 5.45. The molecule has 0 radical (unpaired) electrons. The zero-order valence-electron chi connectivity index (χ0n) is 13.2. The average molecular weight is 267 g/mol. The van der Waals surface area contributed by atoms with Crippen LogP contribution < -0.4 is 5.32 Å². The smallest absolute Gasteiger partial charge is 0.0223 e. The number of likely N-dealkylation sites (tertiary alicyclic amines) is 1. The molecule has 0 spiro atoms. The lowest BCUT2D eigenvalue weighted by Crippen LogP contribution is -2.53. The molecule has 2 aliphatic heterocycles. The average Bonchev–Trinajstić information content (AvgIpc) is 2.42. The first-order chi connectivity index (χ1) is 9.20. The molecule has 2 saturated heterocycles. The first kappa shape index (κ1) is 15.3. The molecule has 0 aromatic carbocycles. The van der Waals surface area contributed by atoms with E-state index in [-0.39, 0.29) is 0 Å². The van der Waals surface area contributed by atoms with E-state index in [1.807, 2.05) is 0 Å². The summed E-state index contributed by atoms with van der Waals surface area (Å²) in [5.74, 6) is 0.807. The fraction of sp³-hybridized carbons (Fsp3) is 1.00. The molecule has 2 aliphatic rings. The van der Waals surface area contributed by atoms with Crippen molar-refractivity contribution in [1.29, 1.82) is 0 Å². The van der Waals surface area contributed by atoms with Crippen molar-refractivity contribution in [3.05, 3.63) is 0 Å². The van der Waals surface area contributed by atoms with Crippen molar-refractivity contribution in [3.63, 3.8) is 0 Å². The highest BCUT2D eigenvalue weighted by molar-refractivity contribution is 4.86. The molecule has 0 bridgehead atoms. The van der Waals surface area contributed by atoms with E-state index in [9.17, 15) is 0 Å². The molecule has 19 heavy (non-hydrogen) atoms. The van der Waals surface area contributed by atoms with Crippen LogP contribution in [0.1, 0.15) is 46.5 Å². The van der Waals surface area contributed by atoms with Gasteiger partial charge in [0.1, 0.15) is 0 Å². The van der Waals surface area contributed by atoms with Crippen LogP contribution in [0.5, 0.6) is 0 Å². The van der Waals surface area contributed by atoms with E-state index in [4.69, 9.17) is 0 Å². The van der Waals surface area contributed by atoms with Gasteiger partial charge in [-0.1, -0.05) is 20.8 Å². The van der Waals surface area contributed by atoms with Crippen LogP contribution in [0.25, 0.3) is 0 Å². The van der Waals surface area contributed by atoms with Gasteiger partial charge in [0.25, 0.3) is 0 Å². The first-order valence-electron chi connectivity index (χ1n) is 8.39. The second-order valence-corrected chi connectivity index (χ2v) is 6.76. The third-order valence-corrected chi connectivity index (χ3v) is 4.75. The van der Waals surface area contributed by atoms with Crippen molar-refractivity contribution in [2.24, 2.45) is 5.92 Å². The summed E-state index contributed by atoms with van der Waals surface area (Å²) in [6.45, 7) is 14.6. The molecule has 0 amide bonds. The van der Waals surface area contributed by atoms with Crippen LogP contribution in [0.4, 0.5) is 0 Å². The van der Waals surface area contributed by atoms with Crippen LogP contribution in [0, 0.1) is 5.92 Å². The van der Waals surface area contributed by atoms with Crippen LogP contribution in [0.3, 0.4) is 0 Å². The maximum absolute atomic E-state index is 3.57. The molecule has 1 unspecified atom stereocenters. The van der Waals surface area contributed by atoms with Crippen LogP contribution in [0.2, 0.25) is 0 Å². The number of nitrogens with zero attached hydrogens (tertiary/aromatic N) is 2. The largest absolute Gasteiger partial charge is 0.315 e. The van der Waals surface area contributed by atoms with E-state index in [2.05, 4.69) is 35.9 Å². The lowest BCUT2D eigenvalue weighted by atomic mass is 9.97. The molecule has 112 valence electrons. The zero-order valence-corrected chi connectivity index (χ0v) is 13.2. The van der Waals surface area contributed by atoms with Crippen molar-refractivity contribution in [1.82, 2.24) is 15.1 Å². The van der Waals surface area contributed by atoms with Gasteiger partial charge < -0.3 is 10.2 Å². The van der Waals surface area contributed by atoms with Gasteiger partial charge in [0.2, 0.25) is 0 Å². The molecular formula is C16H33N3. The van der Waals surface area contributed by atoms with Crippen molar-refractivity contribution in [2.75, 3.05) is 39.3 Å². The minimum atomic E-state index is 0.792. The highest BCUT2D eigenvalue weighted by Crippen LogP contribution is 2.22. The predicted molar refractivity (Wildman–Crippen MR) is 82.6 cm³/mol. The van der Waals surface area contributed by atoms with E-state index in [1.165, 1.54) is 65.0 Å². The highest BCUT2D eigenvalue weighted by atomic mass is 15.2. The van der Waals surface area contributed by atoms with Crippen LogP contribution in [0.15, 0.2) is 0 Å². The minimum Gasteiger partial charge on any atom is -0.315 e. The van der Waals surface area contributed by atoms with Gasteiger partial charge in [-0.3, -0.25) is 4.90 Å². The number of hydrogen-bond acceptors (Lipinski definition) is 3. The highest BCUT2D eigenvalue weighted by Gasteiger charge is 2.29. The normalized spacial score (nSPS) is 27.3. The maximum Gasteiger partial charge on any atom is 0.0223 e. The summed E-state index contributed by atoms with van der Waals surface area (Å²) < 4.78 is 0. The van der Waals surface area contributed by atoms with E-state index in [0.29, 0.717) is 0 Å². The van der Waals surface area contributed by atoms with Crippen molar-refractivity contribution >= 4 is 0 Å². The number of rotatable bonds is 5. The van der Waals surface area contributed by atoms with Gasteiger partial charge in [-0.05, 0) is 57.8 Å². The molecule has 1 atom stereocenters. The van der Waals surface area contributed by atoms with Gasteiger partial charge in [-0.2, -0.15) is 0 Å². The van der Waals surface area contributed by atoms with Gasteiger partial charge >= 0.3 is 0 Å². The van der Waals surface area contributed by atoms with Gasteiger partial charge in [0.05, 0.1) is 0 Å². The Kier molecular flexibility index (Phi) is 6.11. The van der Waals surface area contributed by atoms with Gasteiger partial charge in [-0.15, -0.1) is 0 Å². The SMILES string of the molecule is CCN(C1CCN(CC(C)C)CC1)C1CCCNC1. The van der Waals surface area contributed by atoms with Crippen molar-refractivity contribution in [2.45, 2.75) is 58.5 Å². The van der Waals surface area contributed by atoms with E-state index in [0.717, 1.165) is 18.0 Å². The van der Waals surface area contributed by atoms with E-state index >= 15 is 0 Å². The summed E-state index contributed by atoms with van der Waals surface area (Å²) in [5, 5.41) is 3.57. The lowest BCUT2D eigenvalue weighted by molar-refractivity contribution is 0.0637. The second kappa shape index (κ2) is 7.61.